The zero-order chi connectivity index (χ0) is 14.8. The summed E-state index contributed by atoms with van der Waals surface area (Å²) in [4.78, 5) is 7.58. The summed E-state index contributed by atoms with van der Waals surface area (Å²) in [6.45, 7) is 0. The average Bonchev–Trinajstić information content (AvgIpc) is 2.41. The molecular weight excluding hydrogens is 325 g/mol. The molecule has 0 aliphatic heterocycles. The molecular formula is C11H9Cl2N3O3S. The van der Waals surface area contributed by atoms with E-state index in [0.717, 1.165) is 0 Å². The van der Waals surface area contributed by atoms with Crippen LogP contribution >= 0.6 is 23.2 Å². The van der Waals surface area contributed by atoms with E-state index in [0.29, 0.717) is 0 Å². The van der Waals surface area contributed by atoms with Crippen LogP contribution in [0.1, 0.15) is 0 Å². The molecule has 0 amide bonds. The highest BCUT2D eigenvalue weighted by Gasteiger charge is 2.20. The Morgan fingerprint density at radius 1 is 1.25 bits per heavy atom. The van der Waals surface area contributed by atoms with Crippen molar-refractivity contribution in [3.8, 4) is 5.88 Å². The number of anilines is 1. The molecule has 0 saturated carbocycles. The van der Waals surface area contributed by atoms with Crippen molar-refractivity contribution in [3.05, 3.63) is 40.6 Å². The number of sulfonamides is 1. The fourth-order valence-electron chi connectivity index (χ4n) is 1.41. The van der Waals surface area contributed by atoms with Crippen LogP contribution in [0.25, 0.3) is 0 Å². The lowest BCUT2D eigenvalue weighted by atomic mass is 10.4. The van der Waals surface area contributed by atoms with Gasteiger partial charge in [-0.3, -0.25) is 4.72 Å². The highest BCUT2D eigenvalue weighted by molar-refractivity contribution is 7.92. The first-order valence-corrected chi connectivity index (χ1v) is 7.52. The Bertz CT molecular complexity index is 737. The topological polar surface area (TPSA) is 81.2 Å². The number of hydrogen-bond donors (Lipinski definition) is 1. The van der Waals surface area contributed by atoms with Gasteiger partial charge in [0, 0.05) is 0 Å². The van der Waals surface area contributed by atoms with Crippen LogP contribution in [-0.2, 0) is 10.0 Å². The lowest BCUT2D eigenvalue weighted by Gasteiger charge is -2.10. The number of nitrogens with zero attached hydrogens (tertiary/aromatic N) is 2. The van der Waals surface area contributed by atoms with E-state index in [2.05, 4.69) is 14.7 Å². The van der Waals surface area contributed by atoms with Crippen molar-refractivity contribution in [1.82, 2.24) is 9.97 Å². The van der Waals surface area contributed by atoms with Crippen LogP contribution in [0.4, 0.5) is 5.82 Å². The lowest BCUT2D eigenvalue weighted by Crippen LogP contribution is -2.15. The molecule has 0 radical (unpaired) electrons. The van der Waals surface area contributed by atoms with Crippen molar-refractivity contribution in [2.75, 3.05) is 11.8 Å². The molecule has 0 aliphatic rings. The zero-order valence-electron chi connectivity index (χ0n) is 10.2. The summed E-state index contributed by atoms with van der Waals surface area (Å²) in [6, 6.07) is 6.04. The number of benzene rings is 1. The summed E-state index contributed by atoms with van der Waals surface area (Å²) >= 11 is 11.5. The third-order valence-electron chi connectivity index (χ3n) is 2.26. The van der Waals surface area contributed by atoms with Crippen LogP contribution in [0, 0.1) is 0 Å². The van der Waals surface area contributed by atoms with E-state index >= 15 is 0 Å². The van der Waals surface area contributed by atoms with E-state index in [1.807, 2.05) is 0 Å². The molecule has 2 aromatic rings. The van der Waals surface area contributed by atoms with Gasteiger partial charge in [0.25, 0.3) is 15.9 Å². The first-order valence-electron chi connectivity index (χ1n) is 5.28. The van der Waals surface area contributed by atoms with Crippen molar-refractivity contribution >= 4 is 39.0 Å². The van der Waals surface area contributed by atoms with Gasteiger partial charge in [0.15, 0.2) is 5.15 Å². The van der Waals surface area contributed by atoms with Gasteiger partial charge in [-0.2, -0.15) is 4.98 Å². The molecule has 1 N–H and O–H groups in total. The van der Waals surface area contributed by atoms with Crippen LogP contribution < -0.4 is 9.46 Å². The monoisotopic (exact) mass is 333 g/mol. The fraction of sp³-hybridized carbons (Fsp3) is 0.0909. The quantitative estimate of drug-likeness (QED) is 0.929. The number of methoxy groups -OCH3 is 1. The highest BCUT2D eigenvalue weighted by atomic mass is 35.5. The molecule has 1 heterocycles. The van der Waals surface area contributed by atoms with Gasteiger partial charge in [-0.1, -0.05) is 35.3 Å². The molecule has 0 saturated heterocycles. The van der Waals surface area contributed by atoms with Crippen LogP contribution in [-0.4, -0.2) is 25.5 Å². The molecule has 20 heavy (non-hydrogen) atoms. The second-order valence-corrected chi connectivity index (χ2v) is 6.03. The highest BCUT2D eigenvalue weighted by Crippen LogP contribution is 2.26. The number of halogens is 2. The molecule has 9 heteroatoms. The van der Waals surface area contributed by atoms with Crippen LogP contribution in [0.15, 0.2) is 35.4 Å². The first-order chi connectivity index (χ1) is 9.44. The zero-order valence-corrected chi connectivity index (χ0v) is 12.5. The standard InChI is InChI=1S/C11H9Cl2N3O3S/c1-19-11-10(14-6-9(13)15-11)16-20(17,18)8-5-3-2-4-7(8)12/h2-6H,1H3,(H,14,16). The Balaban J connectivity index is 2.41. The minimum atomic E-state index is -3.90. The maximum absolute atomic E-state index is 12.2. The largest absolute Gasteiger partial charge is 0.478 e. The predicted octanol–water partition coefficient (Wildman–Crippen LogP) is 2.59. The maximum Gasteiger partial charge on any atom is 0.264 e. The van der Waals surface area contributed by atoms with E-state index in [9.17, 15) is 8.42 Å². The Hall–Kier alpha value is -1.57. The summed E-state index contributed by atoms with van der Waals surface area (Å²) in [6.07, 6.45) is 1.20. The van der Waals surface area contributed by atoms with E-state index in [1.165, 1.54) is 25.4 Å². The minimum Gasteiger partial charge on any atom is -0.478 e. The molecule has 0 unspecified atom stereocenters. The number of ether oxygens (including phenoxy) is 1. The number of nitrogens with one attached hydrogen (secondary N) is 1. The Labute approximate surface area is 125 Å². The van der Waals surface area contributed by atoms with E-state index in [1.54, 1.807) is 12.1 Å². The maximum atomic E-state index is 12.2. The normalized spacial score (nSPS) is 11.2. The molecule has 106 valence electrons. The van der Waals surface area contributed by atoms with Gasteiger partial charge in [-0.15, -0.1) is 0 Å². The van der Waals surface area contributed by atoms with Crippen molar-refractivity contribution in [3.63, 3.8) is 0 Å². The summed E-state index contributed by atoms with van der Waals surface area (Å²) in [5.41, 5.74) is 0. The van der Waals surface area contributed by atoms with Gasteiger partial charge in [-0.25, -0.2) is 13.4 Å². The average molecular weight is 334 g/mol. The lowest BCUT2D eigenvalue weighted by molar-refractivity contribution is 0.398. The van der Waals surface area contributed by atoms with Gasteiger partial charge < -0.3 is 4.74 Å². The Morgan fingerprint density at radius 2 is 1.95 bits per heavy atom. The minimum absolute atomic E-state index is 0.0341. The van der Waals surface area contributed by atoms with Gasteiger partial charge in [-0.05, 0) is 12.1 Å². The van der Waals surface area contributed by atoms with Crippen molar-refractivity contribution in [1.29, 1.82) is 0 Å². The molecule has 1 aromatic carbocycles. The van der Waals surface area contributed by atoms with E-state index in [4.69, 9.17) is 27.9 Å². The Morgan fingerprint density at radius 3 is 2.60 bits per heavy atom. The van der Waals surface area contributed by atoms with Crippen molar-refractivity contribution < 1.29 is 13.2 Å². The molecule has 0 aliphatic carbocycles. The van der Waals surface area contributed by atoms with Crippen molar-refractivity contribution in [2.45, 2.75) is 4.90 Å². The van der Waals surface area contributed by atoms with Gasteiger partial charge in [0.1, 0.15) is 4.90 Å². The second-order valence-electron chi connectivity index (χ2n) is 3.59. The first kappa shape index (κ1) is 14.8. The molecule has 6 nitrogen and oxygen atoms in total. The SMILES string of the molecule is COc1nc(Cl)cnc1NS(=O)(=O)c1ccccc1Cl. The smallest absolute Gasteiger partial charge is 0.264 e. The van der Waals surface area contributed by atoms with Gasteiger partial charge >= 0.3 is 0 Å². The molecule has 0 atom stereocenters. The third kappa shape index (κ3) is 3.12. The summed E-state index contributed by atoms with van der Waals surface area (Å²) in [7, 11) is -2.57. The summed E-state index contributed by atoms with van der Waals surface area (Å²) in [5, 5.41) is 0.184. The van der Waals surface area contributed by atoms with Crippen LogP contribution in [0.5, 0.6) is 5.88 Å². The molecule has 0 fully saturated rings. The second kappa shape index (κ2) is 5.82. The number of rotatable bonds is 4. The molecule has 1 aromatic heterocycles. The van der Waals surface area contributed by atoms with Crippen LogP contribution in [0.2, 0.25) is 10.2 Å². The Kier molecular flexibility index (Phi) is 4.32. The number of aromatic nitrogens is 2. The molecule has 2 rings (SSSR count). The fourth-order valence-corrected chi connectivity index (χ4v) is 3.06. The van der Waals surface area contributed by atoms with Gasteiger partial charge in [0.05, 0.1) is 18.3 Å². The van der Waals surface area contributed by atoms with Crippen molar-refractivity contribution in [2.24, 2.45) is 0 Å². The summed E-state index contributed by atoms with van der Waals surface area (Å²) < 4.78 is 31.6. The van der Waals surface area contributed by atoms with Gasteiger partial charge in [0.2, 0.25) is 5.82 Å². The molecule has 0 bridgehead atoms. The summed E-state index contributed by atoms with van der Waals surface area (Å²) in [5.74, 6) is -0.107. The number of hydrogen-bond acceptors (Lipinski definition) is 5. The van der Waals surface area contributed by atoms with E-state index < -0.39 is 10.0 Å². The van der Waals surface area contributed by atoms with E-state index in [-0.39, 0.29) is 26.8 Å². The molecule has 0 spiro atoms. The third-order valence-corrected chi connectivity index (χ3v) is 4.28. The van der Waals surface area contributed by atoms with Crippen LogP contribution in [0.3, 0.4) is 0 Å². The predicted molar refractivity (Wildman–Crippen MR) is 75.9 cm³/mol.